The van der Waals surface area contributed by atoms with E-state index in [0.29, 0.717) is 17.5 Å². The first-order valence-corrected chi connectivity index (χ1v) is 21.3. The first-order chi connectivity index (χ1) is 25.4. The minimum Gasteiger partial charge on any atom is -0.208 e. The Balaban J connectivity index is 1.11. The lowest BCUT2D eigenvalue weighted by Crippen LogP contribution is -2.37. The van der Waals surface area contributed by atoms with Gasteiger partial charge in [-0.05, 0) is 68.8 Å². The topological polar surface area (TPSA) is 38.7 Å². The Labute approximate surface area is 307 Å². The number of benzene rings is 7. The predicted octanol–water partition coefficient (Wildman–Crippen LogP) is 12.1. The molecule has 0 aliphatic carbocycles. The van der Waals surface area contributed by atoms with Crippen molar-refractivity contribution in [3.63, 3.8) is 0 Å². The lowest BCUT2D eigenvalue weighted by molar-refractivity contribution is 1.07. The summed E-state index contributed by atoms with van der Waals surface area (Å²) < 4.78 is 0. The van der Waals surface area contributed by atoms with E-state index in [4.69, 9.17) is 15.0 Å². The molecular weight excluding hydrogens is 647 g/mol. The van der Waals surface area contributed by atoms with Gasteiger partial charge in [0.15, 0.2) is 17.5 Å². The van der Waals surface area contributed by atoms with Crippen LogP contribution in [0.2, 0.25) is 19.6 Å². The van der Waals surface area contributed by atoms with Gasteiger partial charge in [-0.3, -0.25) is 0 Å². The number of nitrogens with zero attached hydrogens (tertiary/aromatic N) is 3. The highest BCUT2D eigenvalue weighted by Gasteiger charge is 2.16. The summed E-state index contributed by atoms with van der Waals surface area (Å²) in [6.07, 6.45) is 0. The molecule has 0 fully saturated rings. The van der Waals surface area contributed by atoms with E-state index in [0.717, 1.165) is 27.8 Å². The molecule has 0 unspecified atom stereocenters. The second-order valence-corrected chi connectivity index (χ2v) is 19.3. The van der Waals surface area contributed by atoms with Crippen molar-refractivity contribution in [2.45, 2.75) is 19.6 Å². The molecule has 8 aromatic rings. The maximum absolute atomic E-state index is 4.96. The van der Waals surface area contributed by atoms with Crippen LogP contribution in [-0.4, -0.2) is 23.0 Å². The molecule has 0 saturated heterocycles. The Bertz CT molecular complexity index is 2430. The lowest BCUT2D eigenvalue weighted by Gasteiger charge is -2.17. The molecule has 0 spiro atoms. The molecule has 1 aromatic heterocycles. The van der Waals surface area contributed by atoms with Crippen LogP contribution in [0.3, 0.4) is 0 Å². The van der Waals surface area contributed by atoms with Gasteiger partial charge in [-0.25, -0.2) is 15.0 Å². The largest absolute Gasteiger partial charge is 0.208 e. The highest BCUT2D eigenvalue weighted by Crippen LogP contribution is 2.33. The van der Waals surface area contributed by atoms with E-state index in [9.17, 15) is 0 Å². The van der Waals surface area contributed by atoms with Gasteiger partial charge < -0.3 is 0 Å². The van der Waals surface area contributed by atoms with Crippen LogP contribution in [0.4, 0.5) is 0 Å². The SMILES string of the molecule is C[Si](C)(C)c1ccc(-c2cccc(-c3cccc(-c4cccc(-c5cccc(-c6nc(-c7ccccc7)nc(-c7ccccc7)n6)c5)c4)c3)c2)cc1. The quantitative estimate of drug-likeness (QED) is 0.149. The molecule has 0 saturated carbocycles. The first kappa shape index (κ1) is 32.9. The smallest absolute Gasteiger partial charge is 0.164 e. The summed E-state index contributed by atoms with van der Waals surface area (Å²) in [6, 6.07) is 64.3. The van der Waals surface area contributed by atoms with Crippen molar-refractivity contribution >= 4 is 13.3 Å². The summed E-state index contributed by atoms with van der Waals surface area (Å²) in [5.41, 5.74) is 12.3. The Kier molecular flexibility index (Phi) is 8.98. The summed E-state index contributed by atoms with van der Waals surface area (Å²) in [5, 5.41) is 1.48. The first-order valence-electron chi connectivity index (χ1n) is 17.8. The molecule has 250 valence electrons. The molecule has 52 heavy (non-hydrogen) atoms. The number of hydrogen-bond donors (Lipinski definition) is 0. The molecule has 8 rings (SSSR count). The fraction of sp³-hybridized carbons (Fsp3) is 0.0625. The van der Waals surface area contributed by atoms with Gasteiger partial charge in [-0.15, -0.1) is 0 Å². The van der Waals surface area contributed by atoms with E-state index in [-0.39, 0.29) is 0 Å². The van der Waals surface area contributed by atoms with Crippen LogP contribution in [-0.2, 0) is 0 Å². The molecule has 7 aromatic carbocycles. The van der Waals surface area contributed by atoms with Crippen molar-refractivity contribution in [1.29, 1.82) is 0 Å². The minimum atomic E-state index is -1.34. The van der Waals surface area contributed by atoms with E-state index in [1.165, 1.54) is 38.6 Å². The monoisotopic (exact) mass is 685 g/mol. The lowest BCUT2D eigenvalue weighted by atomic mass is 9.94. The van der Waals surface area contributed by atoms with Crippen LogP contribution in [0.15, 0.2) is 182 Å². The van der Waals surface area contributed by atoms with Crippen molar-refractivity contribution in [1.82, 2.24) is 15.0 Å². The van der Waals surface area contributed by atoms with Gasteiger partial charge in [0.1, 0.15) is 0 Å². The van der Waals surface area contributed by atoms with Crippen molar-refractivity contribution in [3.05, 3.63) is 182 Å². The van der Waals surface area contributed by atoms with Gasteiger partial charge in [0, 0.05) is 16.7 Å². The Morgan fingerprint density at radius 2 is 0.558 bits per heavy atom. The zero-order valence-corrected chi connectivity index (χ0v) is 30.7. The number of aromatic nitrogens is 3. The van der Waals surface area contributed by atoms with E-state index in [2.05, 4.69) is 141 Å². The number of rotatable bonds is 8. The molecule has 0 aliphatic heterocycles. The zero-order chi connectivity index (χ0) is 35.5. The molecule has 0 radical (unpaired) electrons. The minimum absolute atomic E-state index is 0.646. The van der Waals surface area contributed by atoms with Gasteiger partial charge in [0.25, 0.3) is 0 Å². The fourth-order valence-electron chi connectivity index (χ4n) is 6.57. The summed E-state index contributed by atoms with van der Waals surface area (Å²) >= 11 is 0. The van der Waals surface area contributed by atoms with Gasteiger partial charge in [0.05, 0.1) is 8.07 Å². The Morgan fingerprint density at radius 3 is 0.923 bits per heavy atom. The summed E-state index contributed by atoms with van der Waals surface area (Å²) in [7, 11) is -1.34. The third-order valence-corrected chi connectivity index (χ3v) is 11.6. The molecule has 3 nitrogen and oxygen atoms in total. The maximum atomic E-state index is 4.96. The Morgan fingerprint density at radius 1 is 0.269 bits per heavy atom. The van der Waals surface area contributed by atoms with Gasteiger partial charge >= 0.3 is 0 Å². The van der Waals surface area contributed by atoms with E-state index >= 15 is 0 Å². The second kappa shape index (κ2) is 14.2. The van der Waals surface area contributed by atoms with Crippen molar-refractivity contribution in [2.24, 2.45) is 0 Å². The third kappa shape index (κ3) is 7.16. The van der Waals surface area contributed by atoms with Crippen LogP contribution in [0, 0.1) is 0 Å². The van der Waals surface area contributed by atoms with Crippen molar-refractivity contribution < 1.29 is 0 Å². The second-order valence-electron chi connectivity index (χ2n) is 14.2. The standard InChI is InChI=1S/C48H39N3Si/c1-52(2,3)45-28-26-34(27-29-45)37-18-10-19-38(30-37)39-20-11-21-40(31-39)41-22-12-23-42(32-41)43-24-13-25-44(33-43)48-50-46(35-14-6-4-7-15-35)49-47(51-48)36-16-8-5-9-17-36/h4-33H,1-3H3. The van der Waals surface area contributed by atoms with E-state index < -0.39 is 8.07 Å². The average Bonchev–Trinajstić information content (AvgIpc) is 3.21. The van der Waals surface area contributed by atoms with Gasteiger partial charge in [0.2, 0.25) is 0 Å². The highest BCUT2D eigenvalue weighted by molar-refractivity contribution is 6.88. The molecule has 4 heteroatoms. The van der Waals surface area contributed by atoms with E-state index in [1.54, 1.807) is 0 Å². The fourth-order valence-corrected chi connectivity index (χ4v) is 7.74. The molecular formula is C48H39N3Si. The molecule has 0 bridgehead atoms. The predicted molar refractivity (Wildman–Crippen MR) is 221 cm³/mol. The third-order valence-electron chi connectivity index (χ3n) is 9.49. The molecule has 0 N–H and O–H groups in total. The van der Waals surface area contributed by atoms with Gasteiger partial charge in [-0.2, -0.15) is 0 Å². The zero-order valence-electron chi connectivity index (χ0n) is 29.7. The molecule has 0 atom stereocenters. The van der Waals surface area contributed by atoms with Gasteiger partial charge in [-0.1, -0.05) is 183 Å². The highest BCUT2D eigenvalue weighted by atomic mass is 28.3. The van der Waals surface area contributed by atoms with Crippen LogP contribution in [0.5, 0.6) is 0 Å². The summed E-state index contributed by atoms with van der Waals surface area (Å²) in [4.78, 5) is 14.8. The van der Waals surface area contributed by atoms with E-state index in [1.807, 2.05) is 60.7 Å². The van der Waals surface area contributed by atoms with Crippen LogP contribution < -0.4 is 5.19 Å². The summed E-state index contributed by atoms with van der Waals surface area (Å²) in [5.74, 6) is 1.96. The Hall–Kier alpha value is -6.23. The molecule has 0 amide bonds. The van der Waals surface area contributed by atoms with Crippen molar-refractivity contribution in [3.8, 4) is 78.7 Å². The average molecular weight is 686 g/mol. The summed E-state index contributed by atoms with van der Waals surface area (Å²) in [6.45, 7) is 7.18. The van der Waals surface area contributed by atoms with Crippen LogP contribution >= 0.6 is 0 Å². The van der Waals surface area contributed by atoms with Crippen molar-refractivity contribution in [2.75, 3.05) is 0 Å². The maximum Gasteiger partial charge on any atom is 0.164 e. The normalized spacial score (nSPS) is 11.4. The molecule has 0 aliphatic rings. The van der Waals surface area contributed by atoms with Crippen LogP contribution in [0.25, 0.3) is 78.7 Å². The van der Waals surface area contributed by atoms with Crippen LogP contribution in [0.1, 0.15) is 0 Å². The number of hydrogen-bond acceptors (Lipinski definition) is 3. The molecule has 1 heterocycles.